The molecule has 2 aromatic heterocycles. The minimum Gasteiger partial charge on any atom is -0.475 e. The van der Waals surface area contributed by atoms with Gasteiger partial charge in [-0.3, -0.25) is 9.69 Å². The quantitative estimate of drug-likeness (QED) is 0.736. The van der Waals surface area contributed by atoms with Gasteiger partial charge < -0.3 is 19.3 Å². The summed E-state index contributed by atoms with van der Waals surface area (Å²) < 4.78 is 39.7. The number of carbonyl (C=O) groups excluding carboxylic acids is 1. The Balaban J connectivity index is 0.000000360. The number of imidazole rings is 1. The number of alkyl halides is 3. The molecule has 0 aliphatic carbocycles. The number of likely N-dealkylation sites (tertiary alicyclic amines) is 1. The van der Waals surface area contributed by atoms with Gasteiger partial charge in [-0.05, 0) is 24.4 Å². The molecule has 0 aromatic carbocycles. The van der Waals surface area contributed by atoms with Crippen LogP contribution >= 0.6 is 11.3 Å². The van der Waals surface area contributed by atoms with Gasteiger partial charge in [0.15, 0.2) is 0 Å². The number of aromatic nitrogens is 2. The number of thiophene rings is 1. The minimum atomic E-state index is -5.08. The van der Waals surface area contributed by atoms with Crippen LogP contribution in [0, 0.1) is 5.41 Å². The van der Waals surface area contributed by atoms with E-state index >= 15 is 0 Å². The molecule has 4 heterocycles. The maximum absolute atomic E-state index is 12.8. The van der Waals surface area contributed by atoms with E-state index in [0.717, 1.165) is 49.9 Å². The standard InChI is InChI=1S/C18H24N4O2S.C2HF3O2/c1-20-7-5-19-16(20)11-21-6-4-18(12-21)13-22(8-9-24-14-18)17(23)15-3-2-10-25-15;3-2(4,5)1(6)7/h2-3,5,7,10H,4,6,8-9,11-14H2,1H3;(H,6,7). The lowest BCUT2D eigenvalue weighted by atomic mass is 9.87. The van der Waals surface area contributed by atoms with Gasteiger partial charge in [-0.15, -0.1) is 11.3 Å². The van der Waals surface area contributed by atoms with Crippen molar-refractivity contribution in [3.63, 3.8) is 0 Å². The molecule has 1 N–H and O–H groups in total. The van der Waals surface area contributed by atoms with Crippen LogP contribution in [0.25, 0.3) is 0 Å². The number of hydrogen-bond acceptors (Lipinski definition) is 6. The fourth-order valence-electron chi connectivity index (χ4n) is 3.88. The SMILES string of the molecule is Cn1ccnc1CN1CCC2(COCCN(C(=O)c3cccs3)C2)C1.O=C(O)C(F)(F)F. The van der Waals surface area contributed by atoms with Gasteiger partial charge in [0, 0.05) is 44.5 Å². The first-order valence-electron chi connectivity index (χ1n) is 9.99. The zero-order valence-corrected chi connectivity index (χ0v) is 18.4. The predicted octanol–water partition coefficient (Wildman–Crippen LogP) is 2.48. The highest BCUT2D eigenvalue weighted by atomic mass is 32.1. The molecule has 2 aliphatic rings. The highest BCUT2D eigenvalue weighted by Crippen LogP contribution is 2.34. The lowest BCUT2D eigenvalue weighted by molar-refractivity contribution is -0.192. The Kier molecular flexibility index (Phi) is 7.57. The Labute approximate surface area is 187 Å². The van der Waals surface area contributed by atoms with Gasteiger partial charge in [-0.2, -0.15) is 13.2 Å². The van der Waals surface area contributed by atoms with E-state index in [1.165, 1.54) is 11.3 Å². The van der Waals surface area contributed by atoms with Crippen molar-refractivity contribution < 1.29 is 32.6 Å². The molecule has 12 heteroatoms. The van der Waals surface area contributed by atoms with Gasteiger partial charge in [-0.1, -0.05) is 6.07 Å². The first-order chi connectivity index (χ1) is 15.1. The fourth-order valence-corrected chi connectivity index (χ4v) is 4.57. The van der Waals surface area contributed by atoms with Crippen LogP contribution < -0.4 is 0 Å². The van der Waals surface area contributed by atoms with Crippen molar-refractivity contribution in [3.8, 4) is 0 Å². The third kappa shape index (κ3) is 6.08. The Morgan fingerprint density at radius 3 is 2.66 bits per heavy atom. The van der Waals surface area contributed by atoms with Crippen molar-refractivity contribution >= 4 is 23.2 Å². The summed E-state index contributed by atoms with van der Waals surface area (Å²) in [7, 11) is 2.03. The van der Waals surface area contributed by atoms with Crippen LogP contribution in [0.15, 0.2) is 29.9 Å². The summed E-state index contributed by atoms with van der Waals surface area (Å²) in [4.78, 5) is 31.4. The highest BCUT2D eigenvalue weighted by Gasteiger charge is 2.42. The van der Waals surface area contributed by atoms with Crippen molar-refractivity contribution in [2.45, 2.75) is 19.1 Å². The molecule has 8 nitrogen and oxygen atoms in total. The summed E-state index contributed by atoms with van der Waals surface area (Å²) in [6, 6.07) is 3.85. The van der Waals surface area contributed by atoms with Gasteiger partial charge in [-0.25, -0.2) is 9.78 Å². The predicted molar refractivity (Wildman–Crippen MR) is 110 cm³/mol. The van der Waals surface area contributed by atoms with E-state index in [4.69, 9.17) is 14.6 Å². The first kappa shape index (κ1) is 24.2. The van der Waals surface area contributed by atoms with Crippen molar-refractivity contribution in [2.75, 3.05) is 39.4 Å². The second-order valence-corrected chi connectivity index (χ2v) is 8.92. The van der Waals surface area contributed by atoms with Gasteiger partial charge >= 0.3 is 12.1 Å². The molecule has 32 heavy (non-hydrogen) atoms. The largest absolute Gasteiger partial charge is 0.490 e. The van der Waals surface area contributed by atoms with Gasteiger partial charge in [0.05, 0.1) is 24.6 Å². The molecule has 2 fully saturated rings. The van der Waals surface area contributed by atoms with Crippen LogP contribution in [0.4, 0.5) is 13.2 Å². The number of rotatable bonds is 3. The van der Waals surface area contributed by atoms with E-state index in [1.807, 2.05) is 41.9 Å². The number of ether oxygens (including phenoxy) is 1. The Morgan fingerprint density at radius 1 is 1.31 bits per heavy atom. The van der Waals surface area contributed by atoms with Crippen LogP contribution in [0.3, 0.4) is 0 Å². The topological polar surface area (TPSA) is 87.9 Å². The minimum absolute atomic E-state index is 0.0363. The Hall–Kier alpha value is -2.44. The van der Waals surface area contributed by atoms with E-state index in [9.17, 15) is 18.0 Å². The summed E-state index contributed by atoms with van der Waals surface area (Å²) in [5.41, 5.74) is 0.0363. The van der Waals surface area contributed by atoms with E-state index in [2.05, 4.69) is 14.5 Å². The van der Waals surface area contributed by atoms with Gasteiger partial charge in [0.25, 0.3) is 5.91 Å². The van der Waals surface area contributed by atoms with Crippen molar-refractivity contribution in [2.24, 2.45) is 12.5 Å². The average Bonchev–Trinajstić information content (AvgIpc) is 3.44. The zero-order valence-electron chi connectivity index (χ0n) is 17.5. The Morgan fingerprint density at radius 2 is 2.06 bits per heavy atom. The number of amides is 1. The number of hydrogen-bond donors (Lipinski definition) is 1. The molecular formula is C20H25F3N4O4S. The van der Waals surface area contributed by atoms with E-state index in [0.29, 0.717) is 13.2 Å². The number of aryl methyl sites for hydroxylation is 1. The normalized spacial score (nSPS) is 21.8. The lowest BCUT2D eigenvalue weighted by Gasteiger charge is -2.31. The van der Waals surface area contributed by atoms with Crippen LogP contribution in [-0.4, -0.2) is 81.9 Å². The molecule has 0 saturated carbocycles. The third-order valence-electron chi connectivity index (χ3n) is 5.51. The fraction of sp³-hybridized carbons (Fsp3) is 0.550. The van der Waals surface area contributed by atoms with Crippen molar-refractivity contribution in [1.82, 2.24) is 19.4 Å². The van der Waals surface area contributed by atoms with Gasteiger partial charge in [0.1, 0.15) is 5.82 Å². The smallest absolute Gasteiger partial charge is 0.475 e. The molecule has 1 amide bonds. The molecule has 2 aliphatic heterocycles. The molecule has 2 aromatic rings. The number of nitrogens with zero attached hydrogens (tertiary/aromatic N) is 4. The van der Waals surface area contributed by atoms with Crippen LogP contribution in [0.1, 0.15) is 21.9 Å². The lowest BCUT2D eigenvalue weighted by Crippen LogP contribution is -2.43. The molecule has 0 radical (unpaired) electrons. The van der Waals surface area contributed by atoms with Crippen LogP contribution in [-0.2, 0) is 23.1 Å². The monoisotopic (exact) mass is 474 g/mol. The highest BCUT2D eigenvalue weighted by molar-refractivity contribution is 7.12. The van der Waals surface area contributed by atoms with E-state index in [-0.39, 0.29) is 11.3 Å². The maximum atomic E-state index is 12.8. The Bertz CT molecular complexity index is 918. The number of carboxylic acids is 1. The zero-order chi connectivity index (χ0) is 23.4. The van der Waals surface area contributed by atoms with Crippen molar-refractivity contribution in [1.29, 1.82) is 0 Å². The van der Waals surface area contributed by atoms with Crippen molar-refractivity contribution in [3.05, 3.63) is 40.6 Å². The molecule has 2 saturated heterocycles. The van der Waals surface area contributed by atoms with E-state index < -0.39 is 12.1 Å². The second kappa shape index (κ2) is 10.0. The number of halogens is 3. The summed E-state index contributed by atoms with van der Waals surface area (Å²) in [5, 5.41) is 9.08. The number of carboxylic acid groups (broad SMARTS) is 1. The molecule has 4 rings (SSSR count). The molecule has 1 atom stereocenters. The average molecular weight is 475 g/mol. The molecule has 1 unspecified atom stereocenters. The molecule has 176 valence electrons. The summed E-state index contributed by atoms with van der Waals surface area (Å²) in [6.45, 7) is 5.64. The first-order valence-corrected chi connectivity index (χ1v) is 10.9. The summed E-state index contributed by atoms with van der Waals surface area (Å²) >= 11 is 1.51. The van der Waals surface area contributed by atoms with Crippen LogP contribution in [0.2, 0.25) is 0 Å². The molecule has 1 spiro atoms. The number of aliphatic carboxylic acids is 1. The van der Waals surface area contributed by atoms with Gasteiger partial charge in [0.2, 0.25) is 0 Å². The summed E-state index contributed by atoms with van der Waals surface area (Å²) in [6.07, 6.45) is -0.194. The number of carbonyl (C=O) groups is 2. The maximum Gasteiger partial charge on any atom is 0.490 e. The van der Waals surface area contributed by atoms with E-state index in [1.54, 1.807) is 0 Å². The van der Waals surface area contributed by atoms with Crippen LogP contribution in [0.5, 0.6) is 0 Å². The third-order valence-corrected chi connectivity index (χ3v) is 6.36. The summed E-state index contributed by atoms with van der Waals surface area (Å²) in [5.74, 6) is -1.53. The molecule has 0 bridgehead atoms. The molecular weight excluding hydrogens is 449 g/mol. The second-order valence-electron chi connectivity index (χ2n) is 7.97.